The van der Waals surface area contributed by atoms with Gasteiger partial charge in [-0.2, -0.15) is 0 Å². The van der Waals surface area contributed by atoms with E-state index in [0.29, 0.717) is 11.7 Å². The first-order valence-electron chi connectivity index (χ1n) is 6.64. The lowest BCUT2D eigenvalue weighted by atomic mass is 10.2. The van der Waals surface area contributed by atoms with Gasteiger partial charge in [-0.05, 0) is 31.9 Å². The number of hydrogen-bond acceptors (Lipinski definition) is 5. The Balaban J connectivity index is 1.69. The summed E-state index contributed by atoms with van der Waals surface area (Å²) in [5, 5.41) is 3.32. The summed E-state index contributed by atoms with van der Waals surface area (Å²) in [5.41, 5.74) is 6.86. The van der Waals surface area contributed by atoms with Gasteiger partial charge in [0.15, 0.2) is 0 Å². The van der Waals surface area contributed by atoms with Gasteiger partial charge in [0.2, 0.25) is 0 Å². The van der Waals surface area contributed by atoms with Crippen molar-refractivity contribution in [1.82, 2.24) is 9.97 Å². The van der Waals surface area contributed by atoms with Gasteiger partial charge in [-0.3, -0.25) is 0 Å². The first kappa shape index (κ1) is 12.0. The monoisotopic (exact) mass is 258 g/mol. The molecular formula is C14H18N4O. The van der Waals surface area contributed by atoms with Crippen molar-refractivity contribution in [3.8, 4) is 0 Å². The minimum Gasteiger partial charge on any atom is -0.469 e. The van der Waals surface area contributed by atoms with Gasteiger partial charge in [0, 0.05) is 24.4 Å². The summed E-state index contributed by atoms with van der Waals surface area (Å²) in [6, 6.07) is 3.87. The quantitative estimate of drug-likeness (QED) is 0.861. The average molecular weight is 258 g/mol. The first-order valence-corrected chi connectivity index (χ1v) is 6.64. The number of nitrogens with two attached hydrogens (primary N) is 1. The fourth-order valence-electron chi connectivity index (χ4n) is 2.01. The third-order valence-corrected chi connectivity index (χ3v) is 3.39. The number of anilines is 2. The lowest BCUT2D eigenvalue weighted by Gasteiger charge is -2.11. The topological polar surface area (TPSA) is 77.0 Å². The lowest BCUT2D eigenvalue weighted by Crippen LogP contribution is -2.11. The van der Waals surface area contributed by atoms with Crippen LogP contribution in [-0.4, -0.2) is 16.5 Å². The van der Waals surface area contributed by atoms with Crippen LogP contribution in [0, 0.1) is 6.92 Å². The van der Waals surface area contributed by atoms with Gasteiger partial charge in [0.25, 0.3) is 0 Å². The Morgan fingerprint density at radius 2 is 2.26 bits per heavy atom. The minimum atomic E-state index is 0.508. The summed E-state index contributed by atoms with van der Waals surface area (Å²) in [7, 11) is 0. The molecule has 0 aliphatic heterocycles. The van der Waals surface area contributed by atoms with Crippen LogP contribution in [0.2, 0.25) is 0 Å². The van der Waals surface area contributed by atoms with E-state index < -0.39 is 0 Å². The van der Waals surface area contributed by atoms with Gasteiger partial charge in [0.1, 0.15) is 23.2 Å². The number of nitrogens with one attached hydrogen (secondary N) is 1. The molecule has 2 aromatic heterocycles. The predicted molar refractivity (Wildman–Crippen MR) is 74.1 cm³/mol. The van der Waals surface area contributed by atoms with Gasteiger partial charge in [-0.15, -0.1) is 0 Å². The summed E-state index contributed by atoms with van der Waals surface area (Å²) in [4.78, 5) is 8.94. The van der Waals surface area contributed by atoms with E-state index in [2.05, 4.69) is 15.3 Å². The molecule has 2 aromatic rings. The summed E-state index contributed by atoms with van der Waals surface area (Å²) in [6.07, 6.45) is 4.87. The Morgan fingerprint density at radius 1 is 1.42 bits per heavy atom. The van der Waals surface area contributed by atoms with E-state index in [1.165, 1.54) is 12.8 Å². The molecule has 0 unspecified atom stereocenters. The van der Waals surface area contributed by atoms with Crippen molar-refractivity contribution >= 4 is 11.6 Å². The minimum absolute atomic E-state index is 0.508. The van der Waals surface area contributed by atoms with Crippen molar-refractivity contribution in [2.45, 2.75) is 32.1 Å². The van der Waals surface area contributed by atoms with Gasteiger partial charge < -0.3 is 15.5 Å². The van der Waals surface area contributed by atoms with Crippen LogP contribution >= 0.6 is 0 Å². The largest absolute Gasteiger partial charge is 0.469 e. The molecule has 5 nitrogen and oxygen atoms in total. The van der Waals surface area contributed by atoms with Crippen LogP contribution in [0.3, 0.4) is 0 Å². The predicted octanol–water partition coefficient (Wildman–Crippen LogP) is 2.49. The molecule has 1 aliphatic rings. The Kier molecular flexibility index (Phi) is 3.11. The number of rotatable bonds is 5. The second-order valence-corrected chi connectivity index (χ2v) is 4.97. The van der Waals surface area contributed by atoms with E-state index >= 15 is 0 Å². The molecule has 1 fully saturated rings. The van der Waals surface area contributed by atoms with Crippen molar-refractivity contribution in [2.24, 2.45) is 0 Å². The summed E-state index contributed by atoms with van der Waals surface area (Å²) in [6.45, 7) is 2.72. The van der Waals surface area contributed by atoms with Crippen LogP contribution in [0.4, 0.5) is 11.6 Å². The second-order valence-electron chi connectivity index (χ2n) is 4.97. The molecular weight excluding hydrogens is 240 g/mol. The van der Waals surface area contributed by atoms with Crippen LogP contribution in [0.5, 0.6) is 0 Å². The highest BCUT2D eigenvalue weighted by Crippen LogP contribution is 2.39. The molecule has 1 saturated carbocycles. The molecule has 0 radical (unpaired) electrons. The van der Waals surface area contributed by atoms with Gasteiger partial charge >= 0.3 is 0 Å². The Morgan fingerprint density at radius 3 is 2.95 bits per heavy atom. The number of nitrogens with zero attached hydrogens (tertiary/aromatic N) is 2. The molecule has 0 saturated heterocycles. The lowest BCUT2D eigenvalue weighted by molar-refractivity contribution is 0.513. The molecule has 3 N–H and O–H groups in total. The zero-order valence-electron chi connectivity index (χ0n) is 11.0. The average Bonchev–Trinajstić information content (AvgIpc) is 3.12. The summed E-state index contributed by atoms with van der Waals surface area (Å²) < 4.78 is 5.30. The van der Waals surface area contributed by atoms with Gasteiger partial charge in [-0.25, -0.2) is 9.97 Å². The van der Waals surface area contributed by atoms with Crippen LogP contribution in [0.25, 0.3) is 0 Å². The van der Waals surface area contributed by atoms with Crippen molar-refractivity contribution < 1.29 is 4.42 Å². The third-order valence-electron chi connectivity index (χ3n) is 3.39. The van der Waals surface area contributed by atoms with Crippen LogP contribution in [0.1, 0.15) is 35.9 Å². The van der Waals surface area contributed by atoms with E-state index in [9.17, 15) is 0 Å². The van der Waals surface area contributed by atoms with E-state index in [1.807, 2.05) is 19.1 Å². The second kappa shape index (κ2) is 4.91. The maximum absolute atomic E-state index is 5.94. The Bertz CT molecular complexity index is 561. The van der Waals surface area contributed by atoms with Gasteiger partial charge in [0.05, 0.1) is 6.26 Å². The van der Waals surface area contributed by atoms with E-state index in [4.69, 9.17) is 10.2 Å². The molecule has 3 rings (SSSR count). The number of hydrogen-bond donors (Lipinski definition) is 2. The van der Waals surface area contributed by atoms with E-state index in [-0.39, 0.29) is 0 Å². The third kappa shape index (κ3) is 2.70. The zero-order chi connectivity index (χ0) is 13.2. The summed E-state index contributed by atoms with van der Waals surface area (Å²) in [5.74, 6) is 3.78. The standard InChI is InChI=1S/C14H18N4O/c1-9-12(15)17-14(10-4-5-10)18-13(9)16-7-6-11-3-2-8-19-11/h2-3,8,10H,4-7H2,1H3,(H3,15,16,17,18). The zero-order valence-corrected chi connectivity index (χ0v) is 11.0. The normalized spacial score (nSPS) is 14.6. The molecule has 0 amide bonds. The number of nitrogen functional groups attached to an aromatic ring is 1. The molecule has 5 heteroatoms. The van der Waals surface area contributed by atoms with Crippen molar-refractivity contribution in [2.75, 3.05) is 17.6 Å². The maximum atomic E-state index is 5.94. The number of furan rings is 1. The molecule has 0 atom stereocenters. The Hall–Kier alpha value is -2.04. The SMILES string of the molecule is Cc1c(N)nc(C2CC2)nc1NCCc1ccco1. The highest BCUT2D eigenvalue weighted by atomic mass is 16.3. The van der Waals surface area contributed by atoms with Gasteiger partial charge in [-0.1, -0.05) is 0 Å². The highest BCUT2D eigenvalue weighted by Gasteiger charge is 2.27. The maximum Gasteiger partial charge on any atom is 0.136 e. The molecule has 0 aromatic carbocycles. The number of aromatic nitrogens is 2. The molecule has 1 aliphatic carbocycles. The van der Waals surface area contributed by atoms with E-state index in [1.54, 1.807) is 6.26 Å². The molecule has 100 valence electrons. The van der Waals surface area contributed by atoms with Crippen LogP contribution < -0.4 is 11.1 Å². The van der Waals surface area contributed by atoms with Crippen molar-refractivity contribution in [1.29, 1.82) is 0 Å². The summed E-state index contributed by atoms with van der Waals surface area (Å²) >= 11 is 0. The van der Waals surface area contributed by atoms with Crippen molar-refractivity contribution in [3.63, 3.8) is 0 Å². The molecule has 0 spiro atoms. The first-order chi connectivity index (χ1) is 9.24. The van der Waals surface area contributed by atoms with E-state index in [0.717, 1.165) is 35.9 Å². The molecule has 0 bridgehead atoms. The van der Waals surface area contributed by atoms with Crippen molar-refractivity contribution in [3.05, 3.63) is 35.5 Å². The smallest absolute Gasteiger partial charge is 0.136 e. The fourth-order valence-corrected chi connectivity index (χ4v) is 2.01. The molecule has 2 heterocycles. The Labute approximate surface area is 112 Å². The van der Waals surface area contributed by atoms with Crippen LogP contribution in [0.15, 0.2) is 22.8 Å². The van der Waals surface area contributed by atoms with Crippen LogP contribution in [-0.2, 0) is 6.42 Å². The fraction of sp³-hybridized carbons (Fsp3) is 0.429. The highest BCUT2D eigenvalue weighted by molar-refractivity contribution is 5.55. The molecule has 19 heavy (non-hydrogen) atoms.